The first-order valence-corrected chi connectivity index (χ1v) is 13.5. The number of anilines is 7. The summed E-state index contributed by atoms with van der Waals surface area (Å²) in [5.41, 5.74) is 3.09. The van der Waals surface area contributed by atoms with Crippen molar-refractivity contribution in [2.75, 3.05) is 66.1 Å². The number of nitrogens with one attached hydrogen (secondary N) is 5. The Bertz CT molecular complexity index is 1320. The Morgan fingerprint density at radius 1 is 1.18 bits per heavy atom. The molecule has 0 radical (unpaired) electrons. The number of aromatic nitrogens is 2. The molecule has 202 valence electrons. The van der Waals surface area contributed by atoms with Crippen LogP contribution in [0.5, 0.6) is 5.75 Å². The first-order chi connectivity index (χ1) is 18.2. The molecule has 0 aliphatic heterocycles. The lowest BCUT2D eigenvalue weighted by Gasteiger charge is -2.24. The monoisotopic (exact) mass is 558 g/mol. The van der Waals surface area contributed by atoms with Gasteiger partial charge in [-0.05, 0) is 31.3 Å². The van der Waals surface area contributed by atoms with Crippen LogP contribution in [0.1, 0.15) is 0 Å². The van der Waals surface area contributed by atoms with E-state index in [4.69, 9.17) is 16.3 Å². The molecule has 38 heavy (non-hydrogen) atoms. The van der Waals surface area contributed by atoms with Crippen molar-refractivity contribution in [2.24, 2.45) is 0 Å². The lowest BCUT2D eigenvalue weighted by Crippen LogP contribution is -2.28. The van der Waals surface area contributed by atoms with Gasteiger partial charge in [0.25, 0.3) is 0 Å². The first kappa shape index (κ1) is 28.7. The topological polar surface area (TPSA) is 133 Å². The third-order valence-corrected chi connectivity index (χ3v) is 6.08. The van der Waals surface area contributed by atoms with Crippen molar-refractivity contribution in [1.82, 2.24) is 15.3 Å². The second-order valence-electron chi connectivity index (χ2n) is 8.03. The van der Waals surface area contributed by atoms with Gasteiger partial charge >= 0.3 is 0 Å². The summed E-state index contributed by atoms with van der Waals surface area (Å²) in [6, 6.07) is 10.8. The average molecular weight is 559 g/mol. The molecule has 1 aromatic heterocycles. The van der Waals surface area contributed by atoms with E-state index >= 15 is 0 Å². The van der Waals surface area contributed by atoms with E-state index in [0.29, 0.717) is 40.9 Å². The lowest BCUT2D eigenvalue weighted by atomic mass is 10.2. The molecule has 1 heterocycles. The zero-order valence-corrected chi connectivity index (χ0v) is 23.2. The van der Waals surface area contributed by atoms with Gasteiger partial charge in [-0.1, -0.05) is 30.3 Å². The number of carbonyl (C=O) groups excluding carboxylic acids is 1. The molecule has 1 amide bonds. The van der Waals surface area contributed by atoms with Crippen molar-refractivity contribution in [3.63, 3.8) is 0 Å². The van der Waals surface area contributed by atoms with Gasteiger partial charge in [-0.25, -0.2) is 9.19 Å². The number of rotatable bonds is 13. The number of carbonyl (C=O) groups is 1. The van der Waals surface area contributed by atoms with E-state index < -0.39 is 11.0 Å². The van der Waals surface area contributed by atoms with Crippen molar-refractivity contribution in [2.45, 2.75) is 0 Å². The zero-order valence-electron chi connectivity index (χ0n) is 21.6. The normalized spacial score (nSPS) is 11.3. The van der Waals surface area contributed by atoms with E-state index in [1.165, 1.54) is 12.3 Å². The van der Waals surface area contributed by atoms with Crippen LogP contribution in [-0.2, 0) is 15.8 Å². The van der Waals surface area contributed by atoms with Gasteiger partial charge in [0, 0.05) is 32.5 Å². The van der Waals surface area contributed by atoms with E-state index in [-0.39, 0.29) is 16.9 Å². The van der Waals surface area contributed by atoms with Gasteiger partial charge in [0.1, 0.15) is 21.8 Å². The van der Waals surface area contributed by atoms with Gasteiger partial charge in [-0.3, -0.25) is 4.79 Å². The van der Waals surface area contributed by atoms with Gasteiger partial charge in [0.15, 0.2) is 5.82 Å². The van der Waals surface area contributed by atoms with Crippen molar-refractivity contribution in [1.29, 1.82) is 0 Å². The summed E-state index contributed by atoms with van der Waals surface area (Å²) in [6.45, 7) is 4.98. The van der Waals surface area contributed by atoms with Crippen LogP contribution in [0.3, 0.4) is 0 Å². The van der Waals surface area contributed by atoms with Gasteiger partial charge in [0.05, 0.1) is 41.7 Å². The summed E-state index contributed by atoms with van der Waals surface area (Å²) in [5, 5.41) is 12.6. The molecule has 0 saturated carbocycles. The number of para-hydroxylation sites is 2. The van der Waals surface area contributed by atoms with Crippen molar-refractivity contribution >= 4 is 68.7 Å². The standard InChI is InChI=1S/C25H31ClN8O3S/c1-6-23(35)29-19-13-20(22(37-4)14-21(19)34(3)12-11-27-2)31-25-28-15-16(26)24(32-25)30-17-9-7-8-10-18(17)33-38(5)36/h6-10,13-15,27,33H,1,11-12H2,2-5H3,(H,29,35)(H2,28,30,31,32). The second-order valence-corrected chi connectivity index (χ2v) is 9.55. The van der Waals surface area contributed by atoms with E-state index in [2.05, 4.69) is 42.5 Å². The molecule has 2 aromatic carbocycles. The largest absolute Gasteiger partial charge is 0.494 e. The van der Waals surface area contributed by atoms with Crippen molar-refractivity contribution < 1.29 is 13.7 Å². The molecule has 0 spiro atoms. The van der Waals surface area contributed by atoms with E-state index in [9.17, 15) is 9.00 Å². The predicted molar refractivity (Wildman–Crippen MR) is 157 cm³/mol. The SMILES string of the molecule is C=CC(=O)Nc1cc(Nc2ncc(Cl)c(Nc3ccccc3NS(C)=O)n2)c(OC)cc1N(C)CCNC. The quantitative estimate of drug-likeness (QED) is 0.196. The Hall–Kier alpha value is -3.87. The minimum atomic E-state index is -1.27. The second kappa shape index (κ2) is 13.6. The highest BCUT2D eigenvalue weighted by molar-refractivity contribution is 7.85. The molecule has 11 nitrogen and oxygen atoms in total. The van der Waals surface area contributed by atoms with Crippen LogP contribution >= 0.6 is 11.6 Å². The van der Waals surface area contributed by atoms with Crippen LogP contribution in [0.2, 0.25) is 5.02 Å². The number of halogens is 1. The van der Waals surface area contributed by atoms with Gasteiger partial charge < -0.3 is 35.6 Å². The van der Waals surface area contributed by atoms with Gasteiger partial charge in [-0.2, -0.15) is 4.98 Å². The predicted octanol–water partition coefficient (Wildman–Crippen LogP) is 4.11. The highest BCUT2D eigenvalue weighted by Gasteiger charge is 2.17. The number of ether oxygens (including phenoxy) is 1. The Balaban J connectivity index is 1.96. The summed E-state index contributed by atoms with van der Waals surface area (Å²) in [6.07, 6.45) is 4.20. The number of nitrogens with zero attached hydrogens (tertiary/aromatic N) is 3. The van der Waals surface area contributed by atoms with Gasteiger partial charge in [-0.15, -0.1) is 0 Å². The fourth-order valence-electron chi connectivity index (χ4n) is 3.43. The van der Waals surface area contributed by atoms with E-state index in [1.54, 1.807) is 25.5 Å². The molecular formula is C25H31ClN8O3S. The summed E-state index contributed by atoms with van der Waals surface area (Å²) in [4.78, 5) is 23.0. The number of hydrogen-bond donors (Lipinski definition) is 5. The van der Waals surface area contributed by atoms with Crippen LogP contribution < -0.4 is 35.6 Å². The Kier molecular flexibility index (Phi) is 10.3. The summed E-state index contributed by atoms with van der Waals surface area (Å²) in [5.74, 6) is 0.736. The number of methoxy groups -OCH3 is 1. The molecular weight excluding hydrogens is 528 g/mol. The number of benzene rings is 2. The van der Waals surface area contributed by atoms with Crippen molar-refractivity contribution in [3.8, 4) is 5.75 Å². The highest BCUT2D eigenvalue weighted by Crippen LogP contribution is 2.38. The molecule has 0 aliphatic carbocycles. The van der Waals surface area contributed by atoms with Crippen LogP contribution in [-0.4, -0.2) is 60.6 Å². The summed E-state index contributed by atoms with van der Waals surface area (Å²) < 4.78 is 20.2. The van der Waals surface area contributed by atoms with Crippen LogP contribution in [0.25, 0.3) is 0 Å². The fraction of sp³-hybridized carbons (Fsp3) is 0.240. The van der Waals surface area contributed by atoms with E-state index in [1.807, 2.05) is 43.3 Å². The van der Waals surface area contributed by atoms with Crippen molar-refractivity contribution in [3.05, 3.63) is 60.3 Å². The zero-order chi connectivity index (χ0) is 27.7. The Morgan fingerprint density at radius 2 is 1.92 bits per heavy atom. The molecule has 3 rings (SSSR count). The molecule has 1 unspecified atom stereocenters. The van der Waals surface area contributed by atoms with Crippen LogP contribution in [0.15, 0.2) is 55.3 Å². The number of hydrogen-bond acceptors (Lipinski definition) is 9. The maximum absolute atomic E-state index is 12.2. The molecule has 3 aromatic rings. The smallest absolute Gasteiger partial charge is 0.247 e. The highest BCUT2D eigenvalue weighted by atomic mass is 35.5. The summed E-state index contributed by atoms with van der Waals surface area (Å²) >= 11 is 6.37. The van der Waals surface area contributed by atoms with Crippen LogP contribution in [0, 0.1) is 0 Å². The third-order valence-electron chi connectivity index (χ3n) is 5.29. The maximum atomic E-state index is 12.2. The van der Waals surface area contributed by atoms with Gasteiger partial charge in [0.2, 0.25) is 11.9 Å². The number of likely N-dealkylation sites (N-methyl/N-ethyl adjacent to an activating group) is 2. The van der Waals surface area contributed by atoms with E-state index in [0.717, 1.165) is 12.2 Å². The summed E-state index contributed by atoms with van der Waals surface area (Å²) in [7, 11) is 4.08. The minimum absolute atomic E-state index is 0.233. The maximum Gasteiger partial charge on any atom is 0.247 e. The first-order valence-electron chi connectivity index (χ1n) is 11.5. The number of amides is 1. The molecule has 1 atom stereocenters. The lowest BCUT2D eigenvalue weighted by molar-refractivity contribution is -0.111. The molecule has 0 fully saturated rings. The minimum Gasteiger partial charge on any atom is -0.494 e. The Labute approximate surface area is 229 Å². The molecule has 0 aliphatic rings. The third kappa shape index (κ3) is 7.57. The Morgan fingerprint density at radius 3 is 2.58 bits per heavy atom. The average Bonchev–Trinajstić information content (AvgIpc) is 2.90. The fourth-order valence-corrected chi connectivity index (χ4v) is 4.06. The van der Waals surface area contributed by atoms with Crippen LogP contribution in [0.4, 0.5) is 40.2 Å². The molecule has 5 N–H and O–H groups in total. The molecule has 0 bridgehead atoms. The molecule has 13 heteroatoms. The molecule has 0 saturated heterocycles.